The van der Waals surface area contributed by atoms with E-state index in [2.05, 4.69) is 35.9 Å². The normalized spacial score (nSPS) is 13.0. The Morgan fingerprint density at radius 3 is 1.54 bits per heavy atom. The van der Waals surface area contributed by atoms with Crippen LogP contribution in [-0.2, 0) is 0 Å². The Hall–Kier alpha value is -1.67. The number of nitrogens with zero attached hydrogens (tertiary/aromatic N) is 2. The van der Waals surface area contributed by atoms with Gasteiger partial charge in [0.2, 0.25) is 0 Å². The van der Waals surface area contributed by atoms with Gasteiger partial charge >= 0.3 is 0 Å². The number of unbranched alkanes of at least 4 members (excludes halogenated alkanes) is 14. The Balaban J connectivity index is 2.55. The van der Waals surface area contributed by atoms with Gasteiger partial charge in [-0.05, 0) is 50.1 Å². The molecule has 268 valence electrons. The predicted octanol–water partition coefficient (Wildman–Crippen LogP) is 8.22. The minimum atomic E-state index is -0.362. The highest BCUT2D eigenvalue weighted by Crippen LogP contribution is 2.14. The van der Waals surface area contributed by atoms with E-state index in [4.69, 9.17) is 4.74 Å². The van der Waals surface area contributed by atoms with Gasteiger partial charge in [0.05, 0.1) is 19.3 Å². The highest BCUT2D eigenvalue weighted by Gasteiger charge is 2.17. The number of methoxy groups -OCH3 is 1. The van der Waals surface area contributed by atoms with Crippen LogP contribution in [0.15, 0.2) is 24.3 Å². The zero-order chi connectivity index (χ0) is 33.7. The molecule has 0 aliphatic rings. The molecule has 1 aromatic carbocycles. The smallest absolute Gasteiger partial charge is 0.251 e. The summed E-state index contributed by atoms with van der Waals surface area (Å²) in [5.41, 5.74) is 0.630. The van der Waals surface area contributed by atoms with Crippen LogP contribution in [-0.4, -0.2) is 91.1 Å². The average molecular weight is 648 g/mol. The lowest BCUT2D eigenvalue weighted by Gasteiger charge is -2.30. The SMILES string of the molecule is CCCCCCCCCCC(O)CN(CCN(CCC)CCNC(=O)c1ccc(OC)cc1)CC(O)CCCCCCCCCC. The molecule has 1 amide bonds. The van der Waals surface area contributed by atoms with Gasteiger partial charge in [-0.1, -0.05) is 124 Å². The van der Waals surface area contributed by atoms with E-state index in [-0.39, 0.29) is 18.1 Å². The van der Waals surface area contributed by atoms with E-state index in [1.807, 2.05) is 0 Å². The molecule has 0 bridgehead atoms. The average Bonchev–Trinajstić information content (AvgIpc) is 3.05. The van der Waals surface area contributed by atoms with Crippen molar-refractivity contribution >= 4 is 5.91 Å². The van der Waals surface area contributed by atoms with Crippen LogP contribution >= 0.6 is 0 Å². The van der Waals surface area contributed by atoms with Crippen LogP contribution in [0.1, 0.15) is 153 Å². The minimum absolute atomic E-state index is 0.0751. The van der Waals surface area contributed by atoms with Crippen molar-refractivity contribution in [3.8, 4) is 5.75 Å². The monoisotopic (exact) mass is 648 g/mol. The van der Waals surface area contributed by atoms with Crippen LogP contribution in [0, 0.1) is 0 Å². The van der Waals surface area contributed by atoms with Crippen LogP contribution in [0.2, 0.25) is 0 Å². The number of hydrogen-bond donors (Lipinski definition) is 3. The van der Waals surface area contributed by atoms with Crippen molar-refractivity contribution in [1.29, 1.82) is 0 Å². The van der Waals surface area contributed by atoms with E-state index in [1.54, 1.807) is 31.4 Å². The molecule has 0 fully saturated rings. The maximum Gasteiger partial charge on any atom is 0.251 e. The van der Waals surface area contributed by atoms with Gasteiger partial charge in [0, 0.05) is 44.8 Å². The van der Waals surface area contributed by atoms with Crippen LogP contribution in [0.3, 0.4) is 0 Å². The van der Waals surface area contributed by atoms with Crippen molar-refractivity contribution < 1.29 is 19.7 Å². The first kappa shape index (κ1) is 42.4. The first-order chi connectivity index (χ1) is 22.4. The van der Waals surface area contributed by atoms with Crippen molar-refractivity contribution in [2.45, 2.75) is 155 Å². The molecule has 2 atom stereocenters. The van der Waals surface area contributed by atoms with Crippen molar-refractivity contribution in [3.63, 3.8) is 0 Å². The molecule has 0 saturated carbocycles. The Morgan fingerprint density at radius 2 is 1.09 bits per heavy atom. The highest BCUT2D eigenvalue weighted by molar-refractivity contribution is 5.94. The highest BCUT2D eigenvalue weighted by atomic mass is 16.5. The van der Waals surface area contributed by atoms with Gasteiger partial charge in [0.25, 0.3) is 5.91 Å². The lowest BCUT2D eigenvalue weighted by Crippen LogP contribution is -2.44. The second kappa shape index (κ2) is 29.5. The molecule has 0 aliphatic heterocycles. The van der Waals surface area contributed by atoms with Gasteiger partial charge in [0.1, 0.15) is 5.75 Å². The lowest BCUT2D eigenvalue weighted by molar-refractivity contribution is 0.0548. The van der Waals surface area contributed by atoms with Gasteiger partial charge in [-0.2, -0.15) is 0 Å². The molecule has 0 heterocycles. The summed E-state index contributed by atoms with van der Waals surface area (Å²) in [5, 5.41) is 25.0. The molecule has 3 N–H and O–H groups in total. The maximum absolute atomic E-state index is 12.6. The van der Waals surface area contributed by atoms with Crippen LogP contribution in [0.25, 0.3) is 0 Å². The third-order valence-electron chi connectivity index (χ3n) is 9.06. The van der Waals surface area contributed by atoms with E-state index in [0.29, 0.717) is 25.2 Å². The van der Waals surface area contributed by atoms with Crippen LogP contribution in [0.4, 0.5) is 0 Å². The summed E-state index contributed by atoms with van der Waals surface area (Å²) < 4.78 is 5.20. The number of aliphatic hydroxyl groups is 2. The number of rotatable bonds is 32. The van der Waals surface area contributed by atoms with Gasteiger partial charge < -0.3 is 25.2 Å². The molecule has 0 saturated heterocycles. The second-order valence-corrected chi connectivity index (χ2v) is 13.4. The van der Waals surface area contributed by atoms with Crippen molar-refractivity contribution in [2.24, 2.45) is 0 Å². The summed E-state index contributed by atoms with van der Waals surface area (Å²) >= 11 is 0. The number of carbonyl (C=O) groups is 1. The zero-order valence-corrected chi connectivity index (χ0v) is 30.5. The topological polar surface area (TPSA) is 85.3 Å². The zero-order valence-electron chi connectivity index (χ0n) is 30.5. The molecule has 1 rings (SSSR count). The van der Waals surface area contributed by atoms with Crippen molar-refractivity contribution in [2.75, 3.05) is 52.9 Å². The minimum Gasteiger partial charge on any atom is -0.497 e. The van der Waals surface area contributed by atoms with E-state index in [1.165, 1.54) is 89.9 Å². The summed E-state index contributed by atoms with van der Waals surface area (Å²) in [6.45, 7) is 11.9. The number of benzene rings is 1. The predicted molar refractivity (Wildman–Crippen MR) is 195 cm³/mol. The van der Waals surface area contributed by atoms with E-state index >= 15 is 0 Å². The largest absolute Gasteiger partial charge is 0.497 e. The summed E-state index contributed by atoms with van der Waals surface area (Å²) in [6, 6.07) is 7.18. The summed E-state index contributed by atoms with van der Waals surface area (Å²) in [6.07, 6.45) is 22.2. The fraction of sp³-hybridized carbons (Fsp3) is 0.821. The number of amides is 1. The third-order valence-corrected chi connectivity index (χ3v) is 9.06. The second-order valence-electron chi connectivity index (χ2n) is 13.4. The van der Waals surface area contributed by atoms with Crippen molar-refractivity contribution in [3.05, 3.63) is 29.8 Å². The molecule has 2 unspecified atom stereocenters. The molecule has 0 aromatic heterocycles. The number of ether oxygens (including phenoxy) is 1. The molecule has 0 radical (unpaired) electrons. The fourth-order valence-electron chi connectivity index (χ4n) is 6.17. The number of aliphatic hydroxyl groups excluding tert-OH is 2. The van der Waals surface area contributed by atoms with Gasteiger partial charge in [-0.3, -0.25) is 9.69 Å². The summed E-state index contributed by atoms with van der Waals surface area (Å²) in [4.78, 5) is 17.3. The Labute approximate surface area is 283 Å². The van der Waals surface area contributed by atoms with Crippen LogP contribution in [0.5, 0.6) is 5.75 Å². The Kier molecular flexibility index (Phi) is 27.1. The first-order valence-electron chi connectivity index (χ1n) is 19.2. The standard InChI is InChI=1S/C39H73N3O4/c1-5-8-10-12-14-16-18-20-22-36(43)33-42(34-37(44)23-21-19-17-15-13-11-9-6-2)32-31-41(29-7-3)30-28-40-39(45)35-24-26-38(46-4)27-25-35/h24-27,36-37,43-44H,5-23,28-34H2,1-4H3,(H,40,45). The van der Waals surface area contributed by atoms with E-state index in [9.17, 15) is 15.0 Å². The number of nitrogens with one attached hydrogen (secondary N) is 1. The van der Waals surface area contributed by atoms with E-state index < -0.39 is 0 Å². The molecule has 1 aromatic rings. The molecule has 0 spiro atoms. The van der Waals surface area contributed by atoms with Crippen molar-refractivity contribution in [1.82, 2.24) is 15.1 Å². The van der Waals surface area contributed by atoms with E-state index in [0.717, 1.165) is 64.0 Å². The van der Waals surface area contributed by atoms with Gasteiger partial charge in [-0.15, -0.1) is 0 Å². The number of hydrogen-bond acceptors (Lipinski definition) is 6. The first-order valence-corrected chi connectivity index (χ1v) is 19.2. The Bertz CT molecular complexity index is 794. The van der Waals surface area contributed by atoms with Gasteiger partial charge in [-0.25, -0.2) is 0 Å². The Morgan fingerprint density at radius 1 is 0.630 bits per heavy atom. The molecule has 7 nitrogen and oxygen atoms in total. The molecular weight excluding hydrogens is 574 g/mol. The lowest BCUT2D eigenvalue weighted by atomic mass is 10.0. The molecule has 0 aliphatic carbocycles. The molecule has 7 heteroatoms. The molecular formula is C39H73N3O4. The van der Waals surface area contributed by atoms with Gasteiger partial charge in [0.15, 0.2) is 0 Å². The fourth-order valence-corrected chi connectivity index (χ4v) is 6.17. The van der Waals surface area contributed by atoms with Crippen LogP contribution < -0.4 is 10.1 Å². The maximum atomic E-state index is 12.6. The number of carbonyl (C=O) groups excluding carboxylic acids is 1. The molecule has 46 heavy (non-hydrogen) atoms. The quantitative estimate of drug-likeness (QED) is 0.0684. The summed E-state index contributed by atoms with van der Waals surface area (Å²) in [7, 11) is 1.62. The summed E-state index contributed by atoms with van der Waals surface area (Å²) in [5.74, 6) is 0.662. The third kappa shape index (κ3) is 22.8.